The van der Waals surface area contributed by atoms with Crippen molar-refractivity contribution in [1.82, 2.24) is 0 Å². The summed E-state index contributed by atoms with van der Waals surface area (Å²) < 4.78 is 30.3. The maximum atomic E-state index is 13.4. The summed E-state index contributed by atoms with van der Waals surface area (Å²) in [5.41, 5.74) is 3.69. The summed E-state index contributed by atoms with van der Waals surface area (Å²) in [4.78, 5) is 11.2. The van der Waals surface area contributed by atoms with E-state index in [2.05, 4.69) is 20.7 Å². The van der Waals surface area contributed by atoms with Gasteiger partial charge in [-0.3, -0.25) is 0 Å². The molecule has 0 saturated carbocycles. The SMILES string of the molecule is COC(=O)COc1ccc(OC/C=C(\c2ccc(F)cc2)c2ccc(Br)cc2)cc1C. The highest BCUT2D eigenvalue weighted by Gasteiger charge is 2.08. The number of benzene rings is 3. The molecule has 0 unspecified atom stereocenters. The van der Waals surface area contributed by atoms with Crippen molar-refractivity contribution in [3.8, 4) is 11.5 Å². The van der Waals surface area contributed by atoms with Crippen molar-refractivity contribution in [2.75, 3.05) is 20.3 Å². The number of carbonyl (C=O) groups excluding carboxylic acids is 1. The van der Waals surface area contributed by atoms with Crippen molar-refractivity contribution >= 4 is 27.5 Å². The number of rotatable bonds is 8. The molecule has 0 heterocycles. The van der Waals surface area contributed by atoms with E-state index in [4.69, 9.17) is 9.47 Å². The Morgan fingerprint density at radius 2 is 1.61 bits per heavy atom. The molecule has 160 valence electrons. The van der Waals surface area contributed by atoms with E-state index in [1.807, 2.05) is 43.3 Å². The Morgan fingerprint density at radius 1 is 0.968 bits per heavy atom. The molecule has 0 aliphatic heterocycles. The lowest BCUT2D eigenvalue weighted by Crippen LogP contribution is -2.13. The van der Waals surface area contributed by atoms with Crippen LogP contribution in [0.5, 0.6) is 11.5 Å². The largest absolute Gasteiger partial charge is 0.489 e. The van der Waals surface area contributed by atoms with Crippen molar-refractivity contribution in [3.05, 3.63) is 99.8 Å². The van der Waals surface area contributed by atoms with Crippen LogP contribution in [-0.4, -0.2) is 26.3 Å². The van der Waals surface area contributed by atoms with Gasteiger partial charge in [-0.25, -0.2) is 9.18 Å². The Hall–Kier alpha value is -3.12. The van der Waals surface area contributed by atoms with Crippen molar-refractivity contribution in [2.45, 2.75) is 6.92 Å². The van der Waals surface area contributed by atoms with E-state index in [0.29, 0.717) is 18.1 Å². The molecule has 4 nitrogen and oxygen atoms in total. The maximum absolute atomic E-state index is 13.4. The fraction of sp³-hybridized carbons (Fsp3) is 0.160. The summed E-state index contributed by atoms with van der Waals surface area (Å²) in [6, 6.07) is 19.7. The van der Waals surface area contributed by atoms with Gasteiger partial charge in [-0.2, -0.15) is 0 Å². The zero-order valence-electron chi connectivity index (χ0n) is 17.2. The van der Waals surface area contributed by atoms with Crippen LogP contribution in [0.1, 0.15) is 16.7 Å². The van der Waals surface area contributed by atoms with Gasteiger partial charge in [-0.1, -0.05) is 40.2 Å². The minimum atomic E-state index is -0.439. The first-order valence-corrected chi connectivity index (χ1v) is 10.4. The van der Waals surface area contributed by atoms with Crippen LogP contribution in [0, 0.1) is 12.7 Å². The highest BCUT2D eigenvalue weighted by molar-refractivity contribution is 9.10. The first-order chi connectivity index (χ1) is 15.0. The molecule has 0 aliphatic rings. The van der Waals surface area contributed by atoms with Gasteiger partial charge in [0.2, 0.25) is 0 Å². The Labute approximate surface area is 189 Å². The summed E-state index contributed by atoms with van der Waals surface area (Å²) in [5.74, 6) is 0.551. The number of hydrogen-bond acceptors (Lipinski definition) is 4. The van der Waals surface area contributed by atoms with Gasteiger partial charge in [0.15, 0.2) is 6.61 Å². The highest BCUT2D eigenvalue weighted by atomic mass is 79.9. The van der Waals surface area contributed by atoms with E-state index in [1.165, 1.54) is 19.2 Å². The van der Waals surface area contributed by atoms with E-state index in [1.54, 1.807) is 24.3 Å². The lowest BCUT2D eigenvalue weighted by molar-refractivity contribution is -0.142. The van der Waals surface area contributed by atoms with E-state index in [9.17, 15) is 9.18 Å². The Morgan fingerprint density at radius 3 is 2.23 bits per heavy atom. The number of halogens is 2. The molecule has 0 amide bonds. The molecule has 0 bridgehead atoms. The van der Waals surface area contributed by atoms with Crippen LogP contribution in [0.15, 0.2) is 77.3 Å². The van der Waals surface area contributed by atoms with E-state index >= 15 is 0 Å². The van der Waals surface area contributed by atoms with Crippen LogP contribution >= 0.6 is 15.9 Å². The summed E-state index contributed by atoms with van der Waals surface area (Å²) in [7, 11) is 1.32. The van der Waals surface area contributed by atoms with Gasteiger partial charge in [-0.15, -0.1) is 0 Å². The van der Waals surface area contributed by atoms with Crippen molar-refractivity contribution < 1.29 is 23.4 Å². The Bertz CT molecular complexity index is 1010. The molecule has 0 aromatic heterocycles. The second-order valence-corrected chi connectivity index (χ2v) is 7.65. The fourth-order valence-corrected chi connectivity index (χ4v) is 3.22. The van der Waals surface area contributed by atoms with Gasteiger partial charge in [0, 0.05) is 4.47 Å². The third kappa shape index (κ3) is 6.43. The molecular formula is C25H22BrFO4. The second kappa shape index (κ2) is 10.8. The monoisotopic (exact) mass is 484 g/mol. The predicted molar refractivity (Wildman–Crippen MR) is 122 cm³/mol. The van der Waals surface area contributed by atoms with Gasteiger partial charge < -0.3 is 14.2 Å². The normalized spacial score (nSPS) is 11.2. The van der Waals surface area contributed by atoms with Crippen LogP contribution < -0.4 is 9.47 Å². The molecular weight excluding hydrogens is 463 g/mol. The number of hydrogen-bond donors (Lipinski definition) is 0. The zero-order chi connectivity index (χ0) is 22.2. The van der Waals surface area contributed by atoms with Crippen LogP contribution in [-0.2, 0) is 9.53 Å². The zero-order valence-corrected chi connectivity index (χ0v) is 18.8. The van der Waals surface area contributed by atoms with Gasteiger partial charge in [0.05, 0.1) is 7.11 Å². The quantitative estimate of drug-likeness (QED) is 0.370. The average Bonchev–Trinajstić information content (AvgIpc) is 2.77. The van der Waals surface area contributed by atoms with Crippen molar-refractivity contribution in [1.29, 1.82) is 0 Å². The molecule has 0 radical (unpaired) electrons. The van der Waals surface area contributed by atoms with Crippen molar-refractivity contribution in [2.24, 2.45) is 0 Å². The topological polar surface area (TPSA) is 44.8 Å². The van der Waals surface area contributed by atoms with Gasteiger partial charge in [-0.05, 0) is 77.7 Å². The van der Waals surface area contributed by atoms with Gasteiger partial charge >= 0.3 is 5.97 Å². The summed E-state index contributed by atoms with van der Waals surface area (Å²) in [6.45, 7) is 2.06. The Balaban J connectivity index is 1.75. The van der Waals surface area contributed by atoms with Crippen LogP contribution in [0.4, 0.5) is 4.39 Å². The number of aryl methyl sites for hydroxylation is 1. The smallest absolute Gasteiger partial charge is 0.343 e. The molecule has 0 spiro atoms. The standard InChI is InChI=1S/C25H22BrFO4/c1-17-15-22(11-12-24(17)31-16-25(28)29-2)30-14-13-23(18-3-7-20(26)8-4-18)19-5-9-21(27)10-6-19/h3-13,15H,14,16H2,1-2H3/b23-13-. The summed E-state index contributed by atoms with van der Waals surface area (Å²) >= 11 is 3.45. The van der Waals surface area contributed by atoms with Crippen LogP contribution in [0.3, 0.4) is 0 Å². The molecule has 31 heavy (non-hydrogen) atoms. The summed E-state index contributed by atoms with van der Waals surface area (Å²) in [6.07, 6.45) is 1.97. The number of esters is 1. The second-order valence-electron chi connectivity index (χ2n) is 6.73. The van der Waals surface area contributed by atoms with E-state index < -0.39 is 5.97 Å². The number of ether oxygens (including phenoxy) is 3. The minimum absolute atomic E-state index is 0.144. The van der Waals surface area contributed by atoms with Crippen LogP contribution in [0.25, 0.3) is 5.57 Å². The first kappa shape index (κ1) is 22.6. The molecule has 0 aliphatic carbocycles. The van der Waals surface area contributed by atoms with Crippen LogP contribution in [0.2, 0.25) is 0 Å². The molecule has 0 N–H and O–H groups in total. The average molecular weight is 485 g/mol. The fourth-order valence-electron chi connectivity index (χ4n) is 2.95. The molecule has 3 aromatic rings. The molecule has 3 rings (SSSR count). The van der Waals surface area contributed by atoms with Crippen molar-refractivity contribution in [3.63, 3.8) is 0 Å². The predicted octanol–water partition coefficient (Wildman–Crippen LogP) is 5.96. The molecule has 6 heteroatoms. The lowest BCUT2D eigenvalue weighted by atomic mass is 9.98. The Kier molecular flexibility index (Phi) is 7.84. The molecule has 0 atom stereocenters. The van der Waals surface area contributed by atoms with Gasteiger partial charge in [0.1, 0.15) is 23.9 Å². The number of carbonyl (C=O) groups is 1. The third-order valence-corrected chi connectivity index (χ3v) is 5.10. The highest BCUT2D eigenvalue weighted by Crippen LogP contribution is 2.27. The summed E-state index contributed by atoms with van der Waals surface area (Å²) in [5, 5.41) is 0. The first-order valence-electron chi connectivity index (χ1n) is 9.61. The van der Waals surface area contributed by atoms with Gasteiger partial charge in [0.25, 0.3) is 0 Å². The molecule has 0 saturated heterocycles. The lowest BCUT2D eigenvalue weighted by Gasteiger charge is -2.12. The maximum Gasteiger partial charge on any atom is 0.343 e. The number of methoxy groups -OCH3 is 1. The van der Waals surface area contributed by atoms with E-state index in [0.717, 1.165) is 26.7 Å². The van der Waals surface area contributed by atoms with E-state index in [-0.39, 0.29) is 12.4 Å². The molecule has 3 aromatic carbocycles. The minimum Gasteiger partial charge on any atom is -0.489 e. The molecule has 0 fully saturated rings. The third-order valence-electron chi connectivity index (χ3n) is 4.57.